The highest BCUT2D eigenvalue weighted by molar-refractivity contribution is 5.67. The number of aliphatic hydroxyl groups excluding tert-OH is 2. The van der Waals surface area contributed by atoms with Crippen molar-refractivity contribution >= 4 is 11.9 Å². The van der Waals surface area contributed by atoms with Crippen molar-refractivity contribution in [3.8, 4) is 0 Å². The van der Waals surface area contributed by atoms with Crippen molar-refractivity contribution in [2.24, 2.45) is 0 Å². The molecule has 0 bridgehead atoms. The quantitative estimate of drug-likeness (QED) is 0.292. The second kappa shape index (κ2) is 9.10. The number of hydrogen-bond acceptors (Lipinski definition) is 8. The molecule has 0 aliphatic carbocycles. The zero-order valence-electron chi connectivity index (χ0n) is 15.1. The monoisotopic (exact) mass is 401 g/mol. The summed E-state index contributed by atoms with van der Waals surface area (Å²) in [6.45, 7) is 1.18. The number of carboxylic acid groups (broad SMARTS) is 2. The fourth-order valence-corrected chi connectivity index (χ4v) is 2.98. The number of rotatable bonds is 9. The highest BCUT2D eigenvalue weighted by Crippen LogP contribution is 2.30. The maximum atomic E-state index is 12.0. The Bertz CT molecular complexity index is 815. The van der Waals surface area contributed by atoms with Gasteiger partial charge in [-0.25, -0.2) is 4.79 Å². The Kier molecular flexibility index (Phi) is 7.07. The molecule has 5 N–H and O–H groups in total. The van der Waals surface area contributed by atoms with Gasteiger partial charge in [0.1, 0.15) is 18.6 Å². The van der Waals surface area contributed by atoms with Crippen LogP contribution in [0.5, 0.6) is 0 Å². The van der Waals surface area contributed by atoms with Gasteiger partial charge in [0.2, 0.25) is 0 Å². The van der Waals surface area contributed by atoms with Crippen molar-refractivity contribution in [1.82, 2.24) is 14.5 Å². The summed E-state index contributed by atoms with van der Waals surface area (Å²) in [5.74, 6) is -2.26. The average molecular weight is 401 g/mol. The van der Waals surface area contributed by atoms with Crippen molar-refractivity contribution in [1.29, 1.82) is 0 Å². The fraction of sp³-hybridized carbons (Fsp3) is 0.625. The van der Waals surface area contributed by atoms with E-state index in [1.807, 2.05) is 0 Å². The lowest BCUT2D eigenvalue weighted by Crippen LogP contribution is -2.49. The molecule has 1 aromatic rings. The normalized spacial score (nSPS) is 23.1. The van der Waals surface area contributed by atoms with Gasteiger partial charge in [0.15, 0.2) is 0 Å². The lowest BCUT2D eigenvalue weighted by atomic mass is 10.1. The van der Waals surface area contributed by atoms with E-state index in [4.69, 9.17) is 14.9 Å². The average Bonchev–Trinajstić information content (AvgIpc) is 2.98. The zero-order chi connectivity index (χ0) is 21.0. The van der Waals surface area contributed by atoms with Gasteiger partial charge >= 0.3 is 17.6 Å². The molecule has 1 unspecified atom stereocenters. The number of aromatic nitrogens is 2. The minimum Gasteiger partial charge on any atom is -0.481 e. The molecule has 0 spiro atoms. The molecule has 1 aliphatic heterocycles. The van der Waals surface area contributed by atoms with Crippen LogP contribution in [0.25, 0.3) is 0 Å². The molecule has 0 aromatic carbocycles. The number of H-pyrrole nitrogens is 1. The molecule has 1 aliphatic rings. The molecule has 12 heteroatoms. The number of hydrogen-bond donors (Lipinski definition) is 5. The summed E-state index contributed by atoms with van der Waals surface area (Å²) in [7, 11) is 0. The van der Waals surface area contributed by atoms with E-state index in [1.54, 1.807) is 0 Å². The van der Waals surface area contributed by atoms with Crippen molar-refractivity contribution in [2.45, 2.75) is 50.8 Å². The summed E-state index contributed by atoms with van der Waals surface area (Å²) >= 11 is 0. The standard InChI is InChI=1S/C16H23N3O9/c1-8-7-19(16(27)17-14(8)25)10-6-9(20)13(28-10)15(26)18(4-2-11(21)22)5-3-12(23)24/h7,9-10,13,15,20,26H,2-6H2,1H3,(H,21,22)(H,23,24)(H,17,25,27)/t9-,10+,13-,15?/m0/s1. The molecule has 28 heavy (non-hydrogen) atoms. The molecule has 0 saturated carbocycles. The van der Waals surface area contributed by atoms with Gasteiger partial charge in [-0.15, -0.1) is 0 Å². The van der Waals surface area contributed by atoms with E-state index in [9.17, 15) is 29.4 Å². The second-order valence-corrected chi connectivity index (χ2v) is 6.57. The lowest BCUT2D eigenvalue weighted by molar-refractivity contribution is -0.150. The predicted molar refractivity (Wildman–Crippen MR) is 92.7 cm³/mol. The zero-order valence-corrected chi connectivity index (χ0v) is 15.1. The van der Waals surface area contributed by atoms with Crippen LogP contribution in [-0.2, 0) is 14.3 Å². The molecule has 4 atom stereocenters. The molecule has 156 valence electrons. The number of aromatic amines is 1. The summed E-state index contributed by atoms with van der Waals surface area (Å²) in [5, 5.41) is 38.5. The number of ether oxygens (including phenoxy) is 1. The van der Waals surface area contributed by atoms with Crippen LogP contribution in [-0.4, -0.2) is 78.3 Å². The highest BCUT2D eigenvalue weighted by Gasteiger charge is 2.42. The Balaban J connectivity index is 2.17. The van der Waals surface area contributed by atoms with E-state index in [2.05, 4.69) is 4.98 Å². The first-order chi connectivity index (χ1) is 13.1. The van der Waals surface area contributed by atoms with Crippen LogP contribution >= 0.6 is 0 Å². The van der Waals surface area contributed by atoms with E-state index < -0.39 is 47.9 Å². The van der Waals surface area contributed by atoms with Gasteiger partial charge in [-0.05, 0) is 6.92 Å². The first-order valence-electron chi connectivity index (χ1n) is 8.61. The van der Waals surface area contributed by atoms with Gasteiger partial charge in [0, 0.05) is 31.3 Å². The van der Waals surface area contributed by atoms with Crippen molar-refractivity contribution in [3.63, 3.8) is 0 Å². The van der Waals surface area contributed by atoms with E-state index in [-0.39, 0.29) is 37.9 Å². The number of aryl methyl sites for hydroxylation is 1. The predicted octanol–water partition coefficient (Wildman–Crippen LogP) is -1.94. The number of carbonyl (C=O) groups is 2. The van der Waals surface area contributed by atoms with Gasteiger partial charge in [-0.2, -0.15) is 0 Å². The van der Waals surface area contributed by atoms with Crippen molar-refractivity contribution in [3.05, 3.63) is 32.6 Å². The number of nitrogens with one attached hydrogen (secondary N) is 1. The summed E-state index contributed by atoms with van der Waals surface area (Å²) in [5.41, 5.74) is -1.03. The van der Waals surface area contributed by atoms with Crippen LogP contribution in [0.4, 0.5) is 0 Å². The third kappa shape index (κ3) is 5.25. The second-order valence-electron chi connectivity index (χ2n) is 6.57. The Morgan fingerprint density at radius 1 is 1.29 bits per heavy atom. The van der Waals surface area contributed by atoms with Gasteiger partial charge in [0.25, 0.3) is 5.56 Å². The molecular formula is C16H23N3O9. The summed E-state index contributed by atoms with van der Waals surface area (Å²) in [4.78, 5) is 48.4. The molecule has 12 nitrogen and oxygen atoms in total. The maximum Gasteiger partial charge on any atom is 0.330 e. The molecule has 1 aromatic heterocycles. The van der Waals surface area contributed by atoms with E-state index >= 15 is 0 Å². The first-order valence-corrected chi connectivity index (χ1v) is 8.61. The SMILES string of the molecule is Cc1cn([C@H]2C[C@H](O)[C@@H](C(O)N(CCC(=O)O)CCC(=O)O)O2)c(=O)[nH]c1=O. The molecule has 2 rings (SSSR count). The molecule has 1 fully saturated rings. The molecule has 2 heterocycles. The van der Waals surface area contributed by atoms with Crippen LogP contribution in [0.2, 0.25) is 0 Å². The van der Waals surface area contributed by atoms with Crippen LogP contribution in [0.1, 0.15) is 31.1 Å². The van der Waals surface area contributed by atoms with Gasteiger partial charge < -0.3 is 25.2 Å². The lowest BCUT2D eigenvalue weighted by Gasteiger charge is -2.32. The van der Waals surface area contributed by atoms with Gasteiger partial charge in [0.05, 0.1) is 18.9 Å². The smallest absolute Gasteiger partial charge is 0.330 e. The van der Waals surface area contributed by atoms with E-state index in [1.165, 1.54) is 18.0 Å². The van der Waals surface area contributed by atoms with Crippen LogP contribution in [0.3, 0.4) is 0 Å². The van der Waals surface area contributed by atoms with Gasteiger partial charge in [-0.3, -0.25) is 28.8 Å². The minimum atomic E-state index is -1.49. The Morgan fingerprint density at radius 3 is 2.39 bits per heavy atom. The Labute approximate surface area is 158 Å². The number of carboxylic acids is 2. The van der Waals surface area contributed by atoms with Crippen molar-refractivity contribution < 1.29 is 34.8 Å². The summed E-state index contributed by atoms with van der Waals surface area (Å²) in [6.07, 6.45) is -4.32. The van der Waals surface area contributed by atoms with Crippen LogP contribution in [0.15, 0.2) is 15.8 Å². The fourth-order valence-electron chi connectivity index (χ4n) is 2.98. The molecule has 1 saturated heterocycles. The maximum absolute atomic E-state index is 12.0. The van der Waals surface area contributed by atoms with Gasteiger partial charge in [-0.1, -0.05) is 0 Å². The third-order valence-corrected chi connectivity index (χ3v) is 4.49. The number of aliphatic hydroxyl groups is 2. The Morgan fingerprint density at radius 2 is 1.86 bits per heavy atom. The summed E-state index contributed by atoms with van der Waals surface area (Å²) < 4.78 is 6.69. The van der Waals surface area contributed by atoms with E-state index in [0.29, 0.717) is 0 Å². The topological polar surface area (TPSA) is 182 Å². The minimum absolute atomic E-state index is 0.0567. The number of nitrogens with zero attached hydrogens (tertiary/aromatic N) is 2. The Hall–Kier alpha value is -2.54. The van der Waals surface area contributed by atoms with Crippen LogP contribution in [0, 0.1) is 6.92 Å². The van der Waals surface area contributed by atoms with Crippen LogP contribution < -0.4 is 11.2 Å². The third-order valence-electron chi connectivity index (χ3n) is 4.49. The van der Waals surface area contributed by atoms with Crippen molar-refractivity contribution in [2.75, 3.05) is 13.1 Å². The number of aliphatic carboxylic acids is 2. The highest BCUT2D eigenvalue weighted by atomic mass is 16.5. The van der Waals surface area contributed by atoms with E-state index in [0.717, 1.165) is 4.57 Å². The molecule has 0 amide bonds. The molecular weight excluding hydrogens is 378 g/mol. The largest absolute Gasteiger partial charge is 0.481 e. The summed E-state index contributed by atoms with van der Waals surface area (Å²) in [6, 6.07) is 0. The first kappa shape index (κ1) is 21.8. The molecule has 0 radical (unpaired) electrons.